The summed E-state index contributed by atoms with van der Waals surface area (Å²) in [6.07, 6.45) is 4.19. The van der Waals surface area contributed by atoms with Gasteiger partial charge >= 0.3 is 0 Å². The normalized spacial score (nSPS) is 11.4. The van der Waals surface area contributed by atoms with Crippen molar-refractivity contribution in [1.82, 2.24) is 29.5 Å². The quantitative estimate of drug-likeness (QED) is 0.693. The van der Waals surface area contributed by atoms with E-state index in [1.54, 1.807) is 6.33 Å². The second-order valence-corrected chi connectivity index (χ2v) is 7.03. The van der Waals surface area contributed by atoms with Crippen LogP contribution in [0.5, 0.6) is 0 Å². The highest BCUT2D eigenvalue weighted by atomic mass is 15.4. The minimum absolute atomic E-state index is 0.529. The Morgan fingerprint density at radius 2 is 1.84 bits per heavy atom. The van der Waals surface area contributed by atoms with Gasteiger partial charge in [0.25, 0.3) is 0 Å². The molecule has 0 aliphatic rings. The van der Waals surface area contributed by atoms with E-state index in [9.17, 15) is 0 Å². The third-order valence-electron chi connectivity index (χ3n) is 4.49. The number of hydrogen-bond acceptors (Lipinski definition) is 4. The number of nitrogens with zero attached hydrogens (tertiary/aromatic N) is 6. The summed E-state index contributed by atoms with van der Waals surface area (Å²) in [4.78, 5) is 4.82. The first-order chi connectivity index (χ1) is 12.0. The second-order valence-electron chi connectivity index (χ2n) is 7.03. The van der Waals surface area contributed by atoms with E-state index < -0.39 is 0 Å². The summed E-state index contributed by atoms with van der Waals surface area (Å²) in [6.45, 7) is 8.65. The fourth-order valence-corrected chi connectivity index (χ4v) is 2.92. The number of aryl methyl sites for hydroxylation is 4. The Labute approximate surface area is 148 Å². The molecule has 6 nitrogen and oxygen atoms in total. The zero-order chi connectivity index (χ0) is 18.0. The van der Waals surface area contributed by atoms with Gasteiger partial charge in [0.05, 0.1) is 5.69 Å². The molecule has 0 unspecified atom stereocenters. The van der Waals surface area contributed by atoms with Gasteiger partial charge in [-0.15, -0.1) is 10.2 Å². The molecule has 0 atom stereocenters. The molecule has 0 aliphatic carbocycles. The van der Waals surface area contributed by atoms with Crippen molar-refractivity contribution in [3.05, 3.63) is 53.1 Å². The Hall–Kier alpha value is -2.50. The Balaban J connectivity index is 1.96. The molecule has 0 saturated carbocycles. The van der Waals surface area contributed by atoms with Gasteiger partial charge < -0.3 is 4.57 Å². The van der Waals surface area contributed by atoms with Crippen LogP contribution in [0.1, 0.15) is 42.4 Å². The van der Waals surface area contributed by atoms with Crippen LogP contribution in [0.4, 0.5) is 0 Å². The minimum Gasteiger partial charge on any atom is -0.321 e. The smallest absolute Gasteiger partial charge is 0.151 e. The number of hydrogen-bond donors (Lipinski definition) is 0. The van der Waals surface area contributed by atoms with E-state index in [2.05, 4.69) is 56.1 Å². The van der Waals surface area contributed by atoms with E-state index in [1.807, 2.05) is 16.3 Å². The van der Waals surface area contributed by atoms with Gasteiger partial charge in [0.1, 0.15) is 18.0 Å². The van der Waals surface area contributed by atoms with Crippen LogP contribution in [0.15, 0.2) is 24.5 Å². The first-order valence-electron chi connectivity index (χ1n) is 8.80. The van der Waals surface area contributed by atoms with E-state index in [1.165, 1.54) is 11.1 Å². The van der Waals surface area contributed by atoms with Crippen molar-refractivity contribution in [2.75, 3.05) is 0 Å². The average molecular weight is 338 g/mol. The van der Waals surface area contributed by atoms with Crippen molar-refractivity contribution in [3.63, 3.8) is 0 Å². The van der Waals surface area contributed by atoms with Crippen molar-refractivity contribution in [3.8, 4) is 5.69 Å². The molecule has 3 aromatic rings. The van der Waals surface area contributed by atoms with E-state index in [4.69, 9.17) is 10.1 Å². The van der Waals surface area contributed by atoms with Gasteiger partial charge in [0.2, 0.25) is 0 Å². The van der Waals surface area contributed by atoms with Crippen molar-refractivity contribution in [1.29, 1.82) is 0 Å². The van der Waals surface area contributed by atoms with Gasteiger partial charge in [0.15, 0.2) is 5.82 Å². The lowest BCUT2D eigenvalue weighted by Crippen LogP contribution is -2.08. The lowest BCUT2D eigenvalue weighted by atomic mass is 10.1. The van der Waals surface area contributed by atoms with Crippen molar-refractivity contribution >= 4 is 0 Å². The Kier molecular flexibility index (Phi) is 4.97. The largest absolute Gasteiger partial charge is 0.321 e. The van der Waals surface area contributed by atoms with E-state index >= 15 is 0 Å². The van der Waals surface area contributed by atoms with Crippen LogP contribution in [0.3, 0.4) is 0 Å². The number of aromatic nitrogens is 6. The monoisotopic (exact) mass is 338 g/mol. The zero-order valence-corrected chi connectivity index (χ0v) is 15.7. The third-order valence-corrected chi connectivity index (χ3v) is 4.49. The molecule has 6 heteroatoms. The fourth-order valence-electron chi connectivity index (χ4n) is 2.92. The molecule has 25 heavy (non-hydrogen) atoms. The Bertz CT molecular complexity index is 859. The topological polar surface area (TPSA) is 61.4 Å². The molecule has 1 aromatic carbocycles. The molecule has 3 rings (SSSR count). The van der Waals surface area contributed by atoms with Crippen molar-refractivity contribution in [2.45, 2.75) is 47.0 Å². The van der Waals surface area contributed by atoms with E-state index in [-0.39, 0.29) is 0 Å². The van der Waals surface area contributed by atoms with Gasteiger partial charge in [-0.2, -0.15) is 5.10 Å². The Morgan fingerprint density at radius 3 is 2.52 bits per heavy atom. The van der Waals surface area contributed by atoms with Crippen molar-refractivity contribution in [2.24, 2.45) is 13.0 Å². The predicted molar refractivity (Wildman–Crippen MR) is 97.8 cm³/mol. The lowest BCUT2D eigenvalue weighted by molar-refractivity contribution is 0.618. The van der Waals surface area contributed by atoms with Crippen LogP contribution in [0.25, 0.3) is 5.69 Å². The van der Waals surface area contributed by atoms with Crippen LogP contribution in [-0.2, 0) is 26.3 Å². The molecule has 0 spiro atoms. The molecular weight excluding hydrogens is 312 g/mol. The fraction of sp³-hybridized carbons (Fsp3) is 0.474. The maximum atomic E-state index is 4.82. The molecule has 2 aromatic heterocycles. The standard InChI is InChI=1S/C19H26N6/c1-13(2)11-17-21-18(9-10-19-22-20-12-24(19)5)25(23-17)16-8-6-7-14(3)15(16)4/h6-8,12-13H,9-11H2,1-5H3. The highest BCUT2D eigenvalue weighted by Crippen LogP contribution is 2.20. The molecule has 0 aliphatic heterocycles. The van der Waals surface area contributed by atoms with Gasteiger partial charge in [0, 0.05) is 26.3 Å². The average Bonchev–Trinajstić information content (AvgIpc) is 3.13. The summed E-state index contributed by atoms with van der Waals surface area (Å²) in [6, 6.07) is 6.32. The molecule has 2 heterocycles. The first-order valence-corrected chi connectivity index (χ1v) is 8.80. The summed E-state index contributed by atoms with van der Waals surface area (Å²) in [5, 5.41) is 12.9. The first kappa shape index (κ1) is 17.3. The van der Waals surface area contributed by atoms with Crippen LogP contribution >= 0.6 is 0 Å². The highest BCUT2D eigenvalue weighted by Gasteiger charge is 2.15. The van der Waals surface area contributed by atoms with Gasteiger partial charge in [-0.05, 0) is 37.0 Å². The van der Waals surface area contributed by atoms with Gasteiger partial charge in [-0.25, -0.2) is 9.67 Å². The van der Waals surface area contributed by atoms with Gasteiger partial charge in [-0.1, -0.05) is 26.0 Å². The third kappa shape index (κ3) is 3.78. The van der Waals surface area contributed by atoms with Crippen molar-refractivity contribution < 1.29 is 0 Å². The highest BCUT2D eigenvalue weighted by molar-refractivity contribution is 5.44. The maximum Gasteiger partial charge on any atom is 0.151 e. The molecule has 0 radical (unpaired) electrons. The minimum atomic E-state index is 0.529. The summed E-state index contributed by atoms with van der Waals surface area (Å²) < 4.78 is 3.96. The zero-order valence-electron chi connectivity index (χ0n) is 15.7. The van der Waals surface area contributed by atoms with Crippen LogP contribution < -0.4 is 0 Å². The predicted octanol–water partition coefficient (Wildman–Crippen LogP) is 3.00. The molecule has 0 N–H and O–H groups in total. The number of rotatable bonds is 6. The van der Waals surface area contributed by atoms with Crippen LogP contribution in [-0.4, -0.2) is 29.5 Å². The van der Waals surface area contributed by atoms with E-state index in [0.717, 1.165) is 42.4 Å². The molecule has 0 fully saturated rings. The molecule has 0 amide bonds. The summed E-state index contributed by atoms with van der Waals surface area (Å²) in [5.74, 6) is 3.37. The number of benzene rings is 1. The maximum absolute atomic E-state index is 4.82. The molecular formula is C19H26N6. The van der Waals surface area contributed by atoms with Crippen LogP contribution in [0, 0.1) is 19.8 Å². The molecule has 132 valence electrons. The molecule has 0 bridgehead atoms. The summed E-state index contributed by atoms with van der Waals surface area (Å²) in [7, 11) is 1.97. The lowest BCUT2D eigenvalue weighted by Gasteiger charge is -2.11. The SMILES string of the molecule is Cc1cccc(-n2nc(CC(C)C)nc2CCc2nncn2C)c1C. The van der Waals surface area contributed by atoms with Crippen LogP contribution in [0.2, 0.25) is 0 Å². The van der Waals surface area contributed by atoms with Gasteiger partial charge in [-0.3, -0.25) is 0 Å². The van der Waals surface area contributed by atoms with E-state index in [0.29, 0.717) is 5.92 Å². The second kappa shape index (κ2) is 7.17. The summed E-state index contributed by atoms with van der Waals surface area (Å²) >= 11 is 0. The summed E-state index contributed by atoms with van der Waals surface area (Å²) in [5.41, 5.74) is 3.61. The Morgan fingerprint density at radius 1 is 1.08 bits per heavy atom. The molecule has 0 saturated heterocycles.